The van der Waals surface area contributed by atoms with Crippen LogP contribution < -0.4 is 11.1 Å². The zero-order valence-corrected chi connectivity index (χ0v) is 12.0. The maximum absolute atomic E-state index is 12.9. The van der Waals surface area contributed by atoms with Gasteiger partial charge in [0.05, 0.1) is 12.6 Å². The van der Waals surface area contributed by atoms with Crippen LogP contribution in [0.1, 0.15) is 44.9 Å². The molecule has 3 atom stereocenters. The summed E-state index contributed by atoms with van der Waals surface area (Å²) in [7, 11) is 0. The van der Waals surface area contributed by atoms with Crippen molar-refractivity contribution in [3.8, 4) is 0 Å². The highest BCUT2D eigenvalue weighted by Crippen LogP contribution is 2.38. The Hall–Kier alpha value is -1.10. The molecule has 2 saturated carbocycles. The van der Waals surface area contributed by atoms with Crippen molar-refractivity contribution in [1.82, 2.24) is 10.2 Å². The molecular formula is C15H25N3O2. The fourth-order valence-corrected chi connectivity index (χ4v) is 4.41. The van der Waals surface area contributed by atoms with Gasteiger partial charge in [-0.2, -0.15) is 0 Å². The zero-order valence-electron chi connectivity index (χ0n) is 12.0. The smallest absolute Gasteiger partial charge is 0.240 e. The second-order valence-corrected chi connectivity index (χ2v) is 6.61. The van der Waals surface area contributed by atoms with E-state index in [1.165, 1.54) is 12.8 Å². The van der Waals surface area contributed by atoms with E-state index in [0.717, 1.165) is 38.6 Å². The van der Waals surface area contributed by atoms with E-state index >= 15 is 0 Å². The number of nitrogens with two attached hydrogens (primary N) is 1. The average Bonchev–Trinajstić information content (AvgIpc) is 3.11. The first-order valence-corrected chi connectivity index (χ1v) is 7.99. The van der Waals surface area contributed by atoms with Crippen LogP contribution in [0.2, 0.25) is 0 Å². The number of carbonyl (C=O) groups excluding carboxylic acids is 2. The monoisotopic (exact) mass is 279 g/mol. The van der Waals surface area contributed by atoms with Gasteiger partial charge < -0.3 is 16.0 Å². The van der Waals surface area contributed by atoms with Gasteiger partial charge in [0.25, 0.3) is 0 Å². The van der Waals surface area contributed by atoms with Crippen molar-refractivity contribution in [3.05, 3.63) is 0 Å². The Labute approximate surface area is 120 Å². The predicted molar refractivity (Wildman–Crippen MR) is 75.8 cm³/mol. The molecule has 3 unspecified atom stereocenters. The summed E-state index contributed by atoms with van der Waals surface area (Å²) in [5, 5.41) is 3.39. The van der Waals surface area contributed by atoms with Gasteiger partial charge in [-0.1, -0.05) is 19.3 Å². The van der Waals surface area contributed by atoms with Crippen molar-refractivity contribution >= 4 is 11.8 Å². The Morgan fingerprint density at radius 1 is 1.10 bits per heavy atom. The van der Waals surface area contributed by atoms with E-state index < -0.39 is 5.91 Å². The number of carbonyl (C=O) groups is 2. The maximum atomic E-state index is 12.9. The summed E-state index contributed by atoms with van der Waals surface area (Å²) in [6.45, 7) is 1.04. The minimum Gasteiger partial charge on any atom is -0.368 e. The molecule has 20 heavy (non-hydrogen) atoms. The van der Waals surface area contributed by atoms with Crippen LogP contribution >= 0.6 is 0 Å². The molecule has 5 heteroatoms. The summed E-state index contributed by atoms with van der Waals surface area (Å²) >= 11 is 0. The molecule has 3 aliphatic rings. The summed E-state index contributed by atoms with van der Waals surface area (Å²) in [6, 6.07) is 0.139. The lowest BCUT2D eigenvalue weighted by atomic mass is 9.93. The van der Waals surface area contributed by atoms with E-state index in [9.17, 15) is 9.59 Å². The highest BCUT2D eigenvalue weighted by Gasteiger charge is 2.45. The van der Waals surface area contributed by atoms with E-state index in [2.05, 4.69) is 5.32 Å². The van der Waals surface area contributed by atoms with Crippen LogP contribution in [-0.4, -0.2) is 41.9 Å². The zero-order chi connectivity index (χ0) is 14.1. The first-order valence-electron chi connectivity index (χ1n) is 7.99. The Bertz CT molecular complexity index is 393. The Balaban J connectivity index is 1.72. The molecule has 112 valence electrons. The molecule has 3 N–H and O–H groups in total. The normalized spacial score (nSPS) is 33.3. The molecule has 1 heterocycles. The quantitative estimate of drug-likeness (QED) is 0.792. The van der Waals surface area contributed by atoms with Crippen molar-refractivity contribution in [2.45, 2.75) is 57.0 Å². The van der Waals surface area contributed by atoms with Crippen LogP contribution in [0.3, 0.4) is 0 Å². The van der Waals surface area contributed by atoms with Crippen LogP contribution in [0.4, 0.5) is 0 Å². The number of rotatable bonds is 4. The summed E-state index contributed by atoms with van der Waals surface area (Å²) in [6.07, 6.45) is 7.94. The molecule has 2 amide bonds. The summed E-state index contributed by atoms with van der Waals surface area (Å²) < 4.78 is 0. The molecule has 0 aromatic carbocycles. The van der Waals surface area contributed by atoms with Crippen molar-refractivity contribution in [2.24, 2.45) is 17.6 Å². The fourth-order valence-electron chi connectivity index (χ4n) is 4.41. The molecule has 0 aromatic heterocycles. The van der Waals surface area contributed by atoms with Gasteiger partial charge >= 0.3 is 0 Å². The summed E-state index contributed by atoms with van der Waals surface area (Å²) in [5.74, 6) is 0.846. The molecular weight excluding hydrogens is 254 g/mol. The molecule has 5 nitrogen and oxygen atoms in total. The molecule has 0 bridgehead atoms. The molecule has 3 rings (SSSR count). The van der Waals surface area contributed by atoms with Gasteiger partial charge in [-0.15, -0.1) is 0 Å². The predicted octanol–water partition coefficient (Wildman–Crippen LogP) is 0.631. The SMILES string of the molecule is NC(=O)CN(C(=O)C1NCC2CCCC21)C1CCCC1. The van der Waals surface area contributed by atoms with E-state index in [1.54, 1.807) is 4.90 Å². The van der Waals surface area contributed by atoms with Crippen LogP contribution in [0.5, 0.6) is 0 Å². The van der Waals surface area contributed by atoms with Crippen LogP contribution in [0, 0.1) is 11.8 Å². The molecule has 1 saturated heterocycles. The lowest BCUT2D eigenvalue weighted by Crippen LogP contribution is -2.52. The number of nitrogens with one attached hydrogen (secondary N) is 1. The van der Waals surface area contributed by atoms with Gasteiger partial charge in [0, 0.05) is 6.04 Å². The molecule has 3 fully saturated rings. The van der Waals surface area contributed by atoms with E-state index in [4.69, 9.17) is 5.73 Å². The van der Waals surface area contributed by atoms with Crippen molar-refractivity contribution < 1.29 is 9.59 Å². The minimum atomic E-state index is -0.397. The van der Waals surface area contributed by atoms with Crippen LogP contribution in [-0.2, 0) is 9.59 Å². The van der Waals surface area contributed by atoms with Gasteiger partial charge in [-0.3, -0.25) is 9.59 Å². The number of primary amides is 1. The van der Waals surface area contributed by atoms with Crippen molar-refractivity contribution in [3.63, 3.8) is 0 Å². The number of fused-ring (bicyclic) bond motifs is 1. The average molecular weight is 279 g/mol. The van der Waals surface area contributed by atoms with E-state index in [0.29, 0.717) is 11.8 Å². The fraction of sp³-hybridized carbons (Fsp3) is 0.867. The number of amides is 2. The highest BCUT2D eigenvalue weighted by molar-refractivity contribution is 5.87. The lowest BCUT2D eigenvalue weighted by molar-refractivity contribution is -0.140. The molecule has 0 spiro atoms. The Morgan fingerprint density at radius 3 is 2.55 bits per heavy atom. The van der Waals surface area contributed by atoms with Gasteiger partial charge in [0.2, 0.25) is 11.8 Å². The largest absolute Gasteiger partial charge is 0.368 e. The molecule has 2 aliphatic carbocycles. The summed E-state index contributed by atoms with van der Waals surface area (Å²) in [4.78, 5) is 26.0. The van der Waals surface area contributed by atoms with E-state index in [-0.39, 0.29) is 24.5 Å². The Kier molecular flexibility index (Phi) is 3.96. The molecule has 0 aromatic rings. The van der Waals surface area contributed by atoms with E-state index in [1.807, 2.05) is 0 Å². The Morgan fingerprint density at radius 2 is 1.85 bits per heavy atom. The lowest BCUT2D eigenvalue weighted by Gasteiger charge is -2.32. The highest BCUT2D eigenvalue weighted by atomic mass is 16.2. The summed E-state index contributed by atoms with van der Waals surface area (Å²) in [5.41, 5.74) is 5.35. The third-order valence-electron chi connectivity index (χ3n) is 5.39. The number of hydrogen-bond acceptors (Lipinski definition) is 3. The first kappa shape index (κ1) is 13.9. The maximum Gasteiger partial charge on any atom is 0.240 e. The molecule has 0 radical (unpaired) electrons. The van der Waals surface area contributed by atoms with Crippen LogP contribution in [0.15, 0.2) is 0 Å². The minimum absolute atomic E-state index is 0.0811. The first-order chi connectivity index (χ1) is 9.66. The van der Waals surface area contributed by atoms with Gasteiger partial charge in [-0.25, -0.2) is 0 Å². The third-order valence-corrected chi connectivity index (χ3v) is 5.39. The standard InChI is InChI=1S/C15H25N3O2/c16-13(19)9-18(11-5-1-2-6-11)15(20)14-12-7-3-4-10(12)8-17-14/h10-12,14,17H,1-9H2,(H2,16,19). The van der Waals surface area contributed by atoms with Crippen molar-refractivity contribution in [1.29, 1.82) is 0 Å². The van der Waals surface area contributed by atoms with Gasteiger partial charge in [-0.05, 0) is 44.1 Å². The molecule has 1 aliphatic heterocycles. The number of nitrogens with zero attached hydrogens (tertiary/aromatic N) is 1. The number of hydrogen-bond donors (Lipinski definition) is 2. The van der Waals surface area contributed by atoms with Gasteiger partial charge in [0.15, 0.2) is 0 Å². The van der Waals surface area contributed by atoms with Gasteiger partial charge in [0.1, 0.15) is 0 Å². The van der Waals surface area contributed by atoms with Crippen LogP contribution in [0.25, 0.3) is 0 Å². The van der Waals surface area contributed by atoms with Crippen molar-refractivity contribution in [2.75, 3.05) is 13.1 Å². The second-order valence-electron chi connectivity index (χ2n) is 6.61. The second kappa shape index (κ2) is 5.72. The third kappa shape index (κ3) is 2.55. The topological polar surface area (TPSA) is 75.4 Å².